The second kappa shape index (κ2) is 4.42. The van der Waals surface area contributed by atoms with E-state index in [1.165, 1.54) is 6.07 Å². The van der Waals surface area contributed by atoms with Crippen LogP contribution in [0.3, 0.4) is 0 Å². The van der Waals surface area contributed by atoms with Crippen molar-refractivity contribution in [1.29, 1.82) is 5.26 Å². The summed E-state index contributed by atoms with van der Waals surface area (Å²) in [6.07, 6.45) is -0.395. The molecule has 78 valence electrons. The minimum atomic E-state index is -1.08. The normalized spacial score (nSPS) is 9.60. The van der Waals surface area contributed by atoms with Gasteiger partial charge in [0, 0.05) is 12.0 Å². The Morgan fingerprint density at radius 3 is 2.73 bits per heavy atom. The summed E-state index contributed by atoms with van der Waals surface area (Å²) in [7, 11) is 0. The van der Waals surface area contributed by atoms with E-state index in [-0.39, 0.29) is 24.0 Å². The van der Waals surface area contributed by atoms with Crippen molar-refractivity contribution < 1.29 is 19.4 Å². The van der Waals surface area contributed by atoms with Crippen molar-refractivity contribution >= 4 is 5.97 Å². The molecule has 15 heavy (non-hydrogen) atoms. The van der Waals surface area contributed by atoms with Gasteiger partial charge in [-0.25, -0.2) is 4.39 Å². The fraction of sp³-hybridized carbons (Fsp3) is 0.200. The predicted molar refractivity (Wildman–Crippen MR) is 48.7 cm³/mol. The van der Waals surface area contributed by atoms with E-state index in [0.717, 1.165) is 6.07 Å². The fourth-order valence-corrected chi connectivity index (χ4v) is 1.19. The number of hydrogen-bond donors (Lipinski definition) is 2. The summed E-state index contributed by atoms with van der Waals surface area (Å²) < 4.78 is 13.3. The van der Waals surface area contributed by atoms with Gasteiger partial charge in [0.05, 0.1) is 11.6 Å². The topological polar surface area (TPSA) is 81.3 Å². The van der Waals surface area contributed by atoms with E-state index in [4.69, 9.17) is 15.5 Å². The molecule has 0 aromatic heterocycles. The minimum absolute atomic E-state index is 0.0477. The molecule has 0 bridgehead atoms. The number of carboxylic acid groups (broad SMARTS) is 1. The van der Waals surface area contributed by atoms with Crippen molar-refractivity contribution in [3.63, 3.8) is 0 Å². The van der Waals surface area contributed by atoms with E-state index >= 15 is 0 Å². The number of carbonyl (C=O) groups is 1. The Hall–Kier alpha value is -2.09. The predicted octanol–water partition coefficient (Wildman–Crippen LogP) is 1.42. The fourth-order valence-electron chi connectivity index (χ4n) is 1.19. The molecule has 1 aromatic carbocycles. The molecule has 4 nitrogen and oxygen atoms in total. The molecule has 0 heterocycles. The van der Waals surface area contributed by atoms with Gasteiger partial charge < -0.3 is 10.2 Å². The molecule has 0 radical (unpaired) electrons. The summed E-state index contributed by atoms with van der Waals surface area (Å²) in [4.78, 5) is 10.3. The lowest BCUT2D eigenvalue weighted by Gasteiger charge is -2.05. The molecule has 0 aliphatic rings. The van der Waals surface area contributed by atoms with Gasteiger partial charge in [-0.2, -0.15) is 5.26 Å². The summed E-state index contributed by atoms with van der Waals surface area (Å²) in [5.74, 6) is -2.58. The van der Waals surface area contributed by atoms with Gasteiger partial charge >= 0.3 is 5.97 Å². The summed E-state index contributed by atoms with van der Waals surface area (Å²) in [6.45, 7) is 0. The maximum atomic E-state index is 13.3. The lowest BCUT2D eigenvalue weighted by atomic mass is 10.0. The Kier molecular flexibility index (Phi) is 3.24. The van der Waals surface area contributed by atoms with Crippen LogP contribution in [0.25, 0.3) is 0 Å². The van der Waals surface area contributed by atoms with Crippen LogP contribution in [-0.4, -0.2) is 16.2 Å². The monoisotopic (exact) mass is 209 g/mol. The summed E-state index contributed by atoms with van der Waals surface area (Å²) >= 11 is 0. The van der Waals surface area contributed by atoms with Crippen molar-refractivity contribution in [3.05, 3.63) is 29.1 Å². The summed E-state index contributed by atoms with van der Waals surface area (Å²) in [6, 6.07) is 4.07. The van der Waals surface area contributed by atoms with Gasteiger partial charge in [0.25, 0.3) is 0 Å². The van der Waals surface area contributed by atoms with Crippen LogP contribution in [-0.2, 0) is 11.2 Å². The lowest BCUT2D eigenvalue weighted by Crippen LogP contribution is -2.02. The molecule has 1 aromatic rings. The van der Waals surface area contributed by atoms with E-state index in [9.17, 15) is 9.18 Å². The molecule has 0 aliphatic carbocycles. The number of halogens is 1. The van der Waals surface area contributed by atoms with Gasteiger partial charge in [0.1, 0.15) is 0 Å². The lowest BCUT2D eigenvalue weighted by molar-refractivity contribution is -0.136. The Morgan fingerprint density at radius 1 is 1.53 bits per heavy atom. The van der Waals surface area contributed by atoms with Crippen LogP contribution in [0, 0.1) is 17.1 Å². The molecule has 0 unspecified atom stereocenters. The summed E-state index contributed by atoms with van der Waals surface area (Å²) in [5.41, 5.74) is -0.00792. The van der Waals surface area contributed by atoms with Crippen LogP contribution in [0.4, 0.5) is 4.39 Å². The van der Waals surface area contributed by atoms with Gasteiger partial charge in [-0.15, -0.1) is 0 Å². The molecule has 5 heteroatoms. The molecule has 0 aliphatic heterocycles. The number of aliphatic carboxylic acids is 1. The smallest absolute Gasteiger partial charge is 0.303 e. The Bertz CT molecular complexity index is 437. The number of rotatable bonds is 3. The number of benzene rings is 1. The van der Waals surface area contributed by atoms with E-state index in [2.05, 4.69) is 0 Å². The van der Waals surface area contributed by atoms with Crippen molar-refractivity contribution in [1.82, 2.24) is 0 Å². The molecule has 0 fully saturated rings. The quantitative estimate of drug-likeness (QED) is 0.788. The molecular formula is C10H8FNO3. The minimum Gasteiger partial charge on any atom is -0.505 e. The number of carboxylic acids is 1. The average Bonchev–Trinajstić information content (AvgIpc) is 2.20. The van der Waals surface area contributed by atoms with Gasteiger partial charge in [-0.1, -0.05) is 0 Å². The number of nitriles is 1. The third-order valence-electron chi connectivity index (χ3n) is 1.93. The van der Waals surface area contributed by atoms with E-state index in [0.29, 0.717) is 0 Å². The van der Waals surface area contributed by atoms with Gasteiger partial charge in [-0.3, -0.25) is 4.79 Å². The number of hydrogen-bond acceptors (Lipinski definition) is 3. The van der Waals surface area contributed by atoms with E-state index < -0.39 is 17.5 Å². The highest BCUT2D eigenvalue weighted by atomic mass is 19.1. The first-order valence-electron chi connectivity index (χ1n) is 4.18. The van der Waals surface area contributed by atoms with Crippen LogP contribution in [0.15, 0.2) is 12.1 Å². The van der Waals surface area contributed by atoms with Crippen molar-refractivity contribution in [2.45, 2.75) is 12.8 Å². The van der Waals surface area contributed by atoms with Crippen LogP contribution >= 0.6 is 0 Å². The number of nitrogens with zero attached hydrogens (tertiary/aromatic N) is 1. The van der Waals surface area contributed by atoms with E-state index in [1.54, 1.807) is 6.07 Å². The first-order chi connectivity index (χ1) is 7.06. The van der Waals surface area contributed by atoms with Crippen LogP contribution in [0.5, 0.6) is 5.75 Å². The Balaban J connectivity index is 3.08. The Labute approximate surface area is 85.2 Å². The largest absolute Gasteiger partial charge is 0.505 e. The number of phenolic OH excluding ortho intramolecular Hbond substituents is 1. The highest BCUT2D eigenvalue weighted by Crippen LogP contribution is 2.23. The number of aromatic hydroxyl groups is 1. The highest BCUT2D eigenvalue weighted by molar-refractivity contribution is 5.67. The standard InChI is InChI=1S/C10H8FNO3/c11-10-7(2-4-9(14)15)6(5-12)1-3-8(10)13/h1,3,13H,2,4H2,(H,14,15). The van der Waals surface area contributed by atoms with Crippen LogP contribution in [0.1, 0.15) is 17.5 Å². The van der Waals surface area contributed by atoms with Crippen LogP contribution < -0.4 is 0 Å². The molecule has 0 saturated heterocycles. The third kappa shape index (κ3) is 2.44. The molecule has 1 rings (SSSR count). The zero-order valence-corrected chi connectivity index (χ0v) is 7.70. The molecule has 0 spiro atoms. The second-order valence-corrected chi connectivity index (χ2v) is 2.93. The molecule has 2 N–H and O–H groups in total. The van der Waals surface area contributed by atoms with Gasteiger partial charge in [0.2, 0.25) is 0 Å². The molecule has 0 amide bonds. The van der Waals surface area contributed by atoms with E-state index in [1.807, 2.05) is 0 Å². The SMILES string of the molecule is N#Cc1ccc(O)c(F)c1CCC(=O)O. The Morgan fingerprint density at radius 2 is 2.20 bits per heavy atom. The first kappa shape index (κ1) is 11.0. The maximum absolute atomic E-state index is 13.3. The second-order valence-electron chi connectivity index (χ2n) is 2.93. The van der Waals surface area contributed by atoms with Crippen molar-refractivity contribution in [2.24, 2.45) is 0 Å². The molecular weight excluding hydrogens is 201 g/mol. The highest BCUT2D eigenvalue weighted by Gasteiger charge is 2.13. The van der Waals surface area contributed by atoms with Crippen LogP contribution in [0.2, 0.25) is 0 Å². The first-order valence-corrected chi connectivity index (χ1v) is 4.18. The van der Waals surface area contributed by atoms with Gasteiger partial charge in [0.15, 0.2) is 11.6 Å². The molecule has 0 atom stereocenters. The summed E-state index contributed by atoms with van der Waals surface area (Å²) in [5, 5.41) is 26.1. The molecule has 0 saturated carbocycles. The zero-order chi connectivity index (χ0) is 11.4. The van der Waals surface area contributed by atoms with Gasteiger partial charge in [-0.05, 0) is 18.6 Å². The zero-order valence-electron chi connectivity index (χ0n) is 7.70. The van der Waals surface area contributed by atoms with Crippen molar-refractivity contribution in [2.75, 3.05) is 0 Å². The average molecular weight is 209 g/mol. The third-order valence-corrected chi connectivity index (χ3v) is 1.93. The van der Waals surface area contributed by atoms with Crippen molar-refractivity contribution in [3.8, 4) is 11.8 Å². The number of phenols is 1. The maximum Gasteiger partial charge on any atom is 0.303 e.